The van der Waals surface area contributed by atoms with E-state index in [1.54, 1.807) is 24.3 Å². The normalized spacial score (nSPS) is 15.0. The van der Waals surface area contributed by atoms with Crippen LogP contribution in [0.3, 0.4) is 0 Å². The zero-order chi connectivity index (χ0) is 16.5. The van der Waals surface area contributed by atoms with E-state index in [0.29, 0.717) is 11.4 Å². The Morgan fingerprint density at radius 3 is 2.88 bits per heavy atom. The van der Waals surface area contributed by atoms with Crippen LogP contribution in [-0.2, 0) is 4.74 Å². The lowest BCUT2D eigenvalue weighted by Crippen LogP contribution is -2.36. The van der Waals surface area contributed by atoms with Gasteiger partial charge in [-0.1, -0.05) is 16.5 Å². The van der Waals surface area contributed by atoms with Gasteiger partial charge in [0.25, 0.3) is 5.91 Å². The second kappa shape index (κ2) is 6.21. The molecule has 3 heterocycles. The van der Waals surface area contributed by atoms with Crippen molar-refractivity contribution in [3.8, 4) is 0 Å². The number of nitrogens with one attached hydrogen (secondary N) is 1. The maximum atomic E-state index is 12.1. The number of nitrogens with zero attached hydrogens (tertiary/aromatic N) is 3. The van der Waals surface area contributed by atoms with E-state index >= 15 is 0 Å². The van der Waals surface area contributed by atoms with Crippen molar-refractivity contribution in [3.63, 3.8) is 0 Å². The van der Waals surface area contributed by atoms with Crippen LogP contribution in [-0.4, -0.2) is 42.4 Å². The maximum Gasteiger partial charge on any atom is 0.294 e. The first-order valence-electron chi connectivity index (χ1n) is 7.67. The van der Waals surface area contributed by atoms with Gasteiger partial charge in [0.2, 0.25) is 5.76 Å². The van der Waals surface area contributed by atoms with Crippen molar-refractivity contribution in [2.24, 2.45) is 0 Å². The standard InChI is InChI=1S/C16H16N4O3S/c1-10-8-13(23-19-10)15(21)17-11-2-3-12-14(9-11)24-16(18-12)20-4-6-22-7-5-20/h2-3,8-9H,4-7H2,1H3,(H,17,21). The molecule has 0 bridgehead atoms. The first-order chi connectivity index (χ1) is 11.7. The number of amides is 1. The minimum absolute atomic E-state index is 0.200. The molecular formula is C16H16N4O3S. The maximum absolute atomic E-state index is 12.1. The summed E-state index contributed by atoms with van der Waals surface area (Å²) >= 11 is 1.62. The van der Waals surface area contributed by atoms with Crippen LogP contribution in [0.4, 0.5) is 10.8 Å². The lowest BCUT2D eigenvalue weighted by molar-refractivity contribution is 0.0988. The number of carbonyl (C=O) groups is 1. The lowest BCUT2D eigenvalue weighted by Gasteiger charge is -2.25. The van der Waals surface area contributed by atoms with E-state index in [9.17, 15) is 4.79 Å². The Morgan fingerprint density at radius 1 is 1.29 bits per heavy atom. The zero-order valence-electron chi connectivity index (χ0n) is 13.1. The van der Waals surface area contributed by atoms with Crippen LogP contribution in [0.1, 0.15) is 16.2 Å². The van der Waals surface area contributed by atoms with Crippen LogP contribution in [0, 0.1) is 6.92 Å². The summed E-state index contributed by atoms with van der Waals surface area (Å²) < 4.78 is 11.4. The molecule has 8 heteroatoms. The Kier molecular flexibility index (Phi) is 3.91. The average molecular weight is 344 g/mol. The molecule has 24 heavy (non-hydrogen) atoms. The molecule has 0 saturated carbocycles. The molecule has 1 aromatic carbocycles. The molecule has 4 rings (SSSR count). The second-order valence-electron chi connectivity index (χ2n) is 5.57. The number of hydrogen-bond acceptors (Lipinski definition) is 7. The third kappa shape index (κ3) is 2.98. The molecule has 0 atom stereocenters. The van der Waals surface area contributed by atoms with Crippen molar-refractivity contribution in [1.82, 2.24) is 10.1 Å². The summed E-state index contributed by atoms with van der Waals surface area (Å²) in [7, 11) is 0. The highest BCUT2D eigenvalue weighted by Crippen LogP contribution is 2.31. The lowest BCUT2D eigenvalue weighted by atomic mass is 10.3. The van der Waals surface area contributed by atoms with Gasteiger partial charge in [-0.15, -0.1) is 0 Å². The summed E-state index contributed by atoms with van der Waals surface area (Å²) in [5.74, 6) is -0.112. The molecule has 1 aliphatic rings. The number of aryl methyl sites for hydroxylation is 1. The number of hydrogen-bond donors (Lipinski definition) is 1. The smallest absolute Gasteiger partial charge is 0.294 e. The van der Waals surface area contributed by atoms with Crippen LogP contribution >= 0.6 is 11.3 Å². The molecule has 1 N–H and O–H groups in total. The van der Waals surface area contributed by atoms with Crippen LogP contribution < -0.4 is 10.2 Å². The first-order valence-corrected chi connectivity index (χ1v) is 8.49. The van der Waals surface area contributed by atoms with Crippen molar-refractivity contribution >= 4 is 38.3 Å². The third-order valence-corrected chi connectivity index (χ3v) is 4.85. The van der Waals surface area contributed by atoms with Crippen molar-refractivity contribution in [2.75, 3.05) is 36.5 Å². The van der Waals surface area contributed by atoms with Gasteiger partial charge in [-0.25, -0.2) is 4.98 Å². The molecule has 0 aliphatic carbocycles. The number of morpholine rings is 1. The van der Waals surface area contributed by atoms with Crippen LogP contribution in [0.5, 0.6) is 0 Å². The van der Waals surface area contributed by atoms with Crippen molar-refractivity contribution in [2.45, 2.75) is 6.92 Å². The molecule has 0 spiro atoms. The molecule has 1 amide bonds. The van der Waals surface area contributed by atoms with Gasteiger partial charge in [0.05, 0.1) is 29.1 Å². The SMILES string of the molecule is Cc1cc(C(=O)Nc2ccc3nc(N4CCOCC4)sc3c2)on1. The van der Waals surface area contributed by atoms with Crippen LogP contribution in [0.25, 0.3) is 10.2 Å². The number of ether oxygens (including phenoxy) is 1. The summed E-state index contributed by atoms with van der Waals surface area (Å²) in [6.45, 7) is 4.95. The Labute approximate surface area is 142 Å². The van der Waals surface area contributed by atoms with Crippen molar-refractivity contribution in [1.29, 1.82) is 0 Å². The monoisotopic (exact) mass is 344 g/mol. The number of anilines is 2. The van der Waals surface area contributed by atoms with Crippen LogP contribution in [0.2, 0.25) is 0 Å². The highest BCUT2D eigenvalue weighted by atomic mass is 32.1. The molecule has 1 fully saturated rings. The minimum Gasteiger partial charge on any atom is -0.378 e. The second-order valence-corrected chi connectivity index (χ2v) is 6.57. The molecular weight excluding hydrogens is 328 g/mol. The Morgan fingerprint density at radius 2 is 2.12 bits per heavy atom. The zero-order valence-corrected chi connectivity index (χ0v) is 13.9. The largest absolute Gasteiger partial charge is 0.378 e. The summed E-state index contributed by atoms with van der Waals surface area (Å²) in [5.41, 5.74) is 2.31. The molecule has 7 nitrogen and oxygen atoms in total. The van der Waals surface area contributed by atoms with Gasteiger partial charge in [-0.2, -0.15) is 0 Å². The minimum atomic E-state index is -0.312. The summed E-state index contributed by atoms with van der Waals surface area (Å²) in [6, 6.07) is 7.29. The highest BCUT2D eigenvalue weighted by Gasteiger charge is 2.16. The van der Waals surface area contributed by atoms with Crippen molar-refractivity contribution < 1.29 is 14.1 Å². The fraction of sp³-hybridized carbons (Fsp3) is 0.312. The van der Waals surface area contributed by atoms with E-state index < -0.39 is 0 Å². The predicted octanol–water partition coefficient (Wildman–Crippen LogP) is 2.68. The molecule has 2 aromatic heterocycles. The van der Waals surface area contributed by atoms with Gasteiger partial charge in [0.15, 0.2) is 5.13 Å². The van der Waals surface area contributed by atoms with E-state index in [0.717, 1.165) is 41.7 Å². The van der Waals surface area contributed by atoms with Crippen molar-refractivity contribution in [3.05, 3.63) is 35.7 Å². The Balaban J connectivity index is 1.55. The van der Waals surface area contributed by atoms with Gasteiger partial charge >= 0.3 is 0 Å². The number of aromatic nitrogens is 2. The quantitative estimate of drug-likeness (QED) is 0.787. The number of fused-ring (bicyclic) bond motifs is 1. The fourth-order valence-electron chi connectivity index (χ4n) is 2.54. The molecule has 0 unspecified atom stereocenters. The van der Waals surface area contributed by atoms with E-state index in [1.165, 1.54) is 0 Å². The van der Waals surface area contributed by atoms with Gasteiger partial charge < -0.3 is 19.5 Å². The first kappa shape index (κ1) is 15.1. The molecule has 1 saturated heterocycles. The van der Waals surface area contributed by atoms with Gasteiger partial charge in [0.1, 0.15) is 0 Å². The number of rotatable bonds is 3. The summed E-state index contributed by atoms with van der Waals surface area (Å²) in [4.78, 5) is 19.0. The van der Waals surface area contributed by atoms with Gasteiger partial charge in [-0.05, 0) is 25.1 Å². The van der Waals surface area contributed by atoms with E-state index in [1.807, 2.05) is 18.2 Å². The molecule has 3 aromatic rings. The molecule has 124 valence electrons. The Bertz CT molecular complexity index is 882. The summed E-state index contributed by atoms with van der Waals surface area (Å²) in [6.07, 6.45) is 0. The number of benzene rings is 1. The predicted molar refractivity (Wildman–Crippen MR) is 91.8 cm³/mol. The topological polar surface area (TPSA) is 80.5 Å². The Hall–Kier alpha value is -2.45. The molecule has 1 aliphatic heterocycles. The highest BCUT2D eigenvalue weighted by molar-refractivity contribution is 7.22. The fourth-order valence-corrected chi connectivity index (χ4v) is 3.60. The van der Waals surface area contributed by atoms with Gasteiger partial charge in [0, 0.05) is 24.8 Å². The van der Waals surface area contributed by atoms with E-state index in [4.69, 9.17) is 9.26 Å². The van der Waals surface area contributed by atoms with E-state index in [-0.39, 0.29) is 11.7 Å². The van der Waals surface area contributed by atoms with E-state index in [2.05, 4.69) is 20.4 Å². The van der Waals surface area contributed by atoms with Gasteiger partial charge in [-0.3, -0.25) is 4.79 Å². The third-order valence-electron chi connectivity index (χ3n) is 3.77. The summed E-state index contributed by atoms with van der Waals surface area (Å²) in [5, 5.41) is 7.54. The molecule has 0 radical (unpaired) electrons. The number of thiazole rings is 1. The van der Waals surface area contributed by atoms with Crippen LogP contribution in [0.15, 0.2) is 28.8 Å². The average Bonchev–Trinajstić information content (AvgIpc) is 3.21. The number of carbonyl (C=O) groups excluding carboxylic acids is 1.